The van der Waals surface area contributed by atoms with Crippen LogP contribution in [0.25, 0.3) is 0 Å². The summed E-state index contributed by atoms with van der Waals surface area (Å²) in [6.07, 6.45) is 3.13. The summed E-state index contributed by atoms with van der Waals surface area (Å²) in [5, 5.41) is 2.71. The minimum atomic E-state index is -0.282. The van der Waals surface area contributed by atoms with E-state index in [-0.39, 0.29) is 18.4 Å². The number of amides is 2. The summed E-state index contributed by atoms with van der Waals surface area (Å²) < 4.78 is 5.18. The maximum Gasteiger partial charge on any atom is 0.255 e. The second-order valence-corrected chi connectivity index (χ2v) is 6.40. The van der Waals surface area contributed by atoms with Crippen LogP contribution in [-0.4, -0.2) is 43.0 Å². The Morgan fingerprint density at radius 2 is 2.09 bits per heavy atom. The molecule has 1 saturated heterocycles. The van der Waals surface area contributed by atoms with E-state index >= 15 is 0 Å². The van der Waals surface area contributed by atoms with Gasteiger partial charge < -0.3 is 15.0 Å². The van der Waals surface area contributed by atoms with Crippen molar-refractivity contribution in [3.63, 3.8) is 0 Å². The summed E-state index contributed by atoms with van der Waals surface area (Å²) in [5.74, 6) is 0.791. The first-order valence-corrected chi connectivity index (χ1v) is 8.23. The summed E-state index contributed by atoms with van der Waals surface area (Å²) in [5.41, 5.74) is 0.447. The normalized spacial score (nSPS) is 17.4. The average Bonchev–Trinajstić information content (AvgIpc) is 2.99. The summed E-state index contributed by atoms with van der Waals surface area (Å²) in [6.45, 7) is 5.17. The van der Waals surface area contributed by atoms with E-state index in [0.29, 0.717) is 23.3 Å². The topological polar surface area (TPSA) is 58.6 Å². The maximum atomic E-state index is 12.4. The molecule has 0 aromatic heterocycles. The first kappa shape index (κ1) is 17.3. The number of hydrogen-bond acceptors (Lipinski definition) is 3. The molecule has 1 aromatic rings. The SMILES string of the molecule is COc1ccccc1C(=O)NCC(=O)N1CCC[C@@H]1CC(C)C. The van der Waals surface area contributed by atoms with E-state index in [1.807, 2.05) is 11.0 Å². The number of ether oxygens (including phenoxy) is 1. The van der Waals surface area contributed by atoms with Gasteiger partial charge in [-0.05, 0) is 37.3 Å². The smallest absolute Gasteiger partial charge is 0.255 e. The molecule has 0 spiro atoms. The van der Waals surface area contributed by atoms with Crippen LogP contribution in [0.3, 0.4) is 0 Å². The van der Waals surface area contributed by atoms with E-state index in [0.717, 1.165) is 25.8 Å². The number of nitrogens with one attached hydrogen (secondary N) is 1. The Hall–Kier alpha value is -2.04. The van der Waals surface area contributed by atoms with Crippen LogP contribution >= 0.6 is 0 Å². The van der Waals surface area contributed by atoms with E-state index in [9.17, 15) is 9.59 Å². The van der Waals surface area contributed by atoms with Gasteiger partial charge in [0.1, 0.15) is 5.75 Å². The highest BCUT2D eigenvalue weighted by atomic mass is 16.5. The molecule has 1 fully saturated rings. The number of methoxy groups -OCH3 is 1. The molecule has 1 aliphatic rings. The van der Waals surface area contributed by atoms with Crippen LogP contribution < -0.4 is 10.1 Å². The zero-order valence-electron chi connectivity index (χ0n) is 14.2. The van der Waals surface area contributed by atoms with Crippen LogP contribution in [-0.2, 0) is 4.79 Å². The lowest BCUT2D eigenvalue weighted by atomic mass is 10.0. The molecule has 1 heterocycles. The van der Waals surface area contributed by atoms with E-state index in [4.69, 9.17) is 4.74 Å². The summed E-state index contributed by atoms with van der Waals surface area (Å²) in [7, 11) is 1.53. The molecule has 5 heteroatoms. The van der Waals surface area contributed by atoms with Crippen molar-refractivity contribution in [1.82, 2.24) is 10.2 Å². The van der Waals surface area contributed by atoms with Gasteiger partial charge in [-0.3, -0.25) is 9.59 Å². The van der Waals surface area contributed by atoms with Gasteiger partial charge in [0.25, 0.3) is 5.91 Å². The molecule has 0 radical (unpaired) electrons. The van der Waals surface area contributed by atoms with E-state index in [1.54, 1.807) is 18.2 Å². The van der Waals surface area contributed by atoms with Gasteiger partial charge in [-0.25, -0.2) is 0 Å². The molecule has 2 amide bonds. The minimum absolute atomic E-state index is 0.00334. The Balaban J connectivity index is 1.92. The van der Waals surface area contributed by atoms with Gasteiger partial charge in [-0.2, -0.15) is 0 Å². The predicted octanol–water partition coefficient (Wildman–Crippen LogP) is 2.46. The molecule has 126 valence electrons. The zero-order chi connectivity index (χ0) is 16.8. The zero-order valence-corrected chi connectivity index (χ0v) is 14.2. The third-order valence-corrected chi connectivity index (χ3v) is 4.19. The first-order chi connectivity index (χ1) is 11.0. The number of carbonyl (C=O) groups excluding carboxylic acids is 2. The number of para-hydroxylation sites is 1. The van der Waals surface area contributed by atoms with Crippen LogP contribution in [0.15, 0.2) is 24.3 Å². The van der Waals surface area contributed by atoms with Gasteiger partial charge in [0, 0.05) is 12.6 Å². The highest BCUT2D eigenvalue weighted by molar-refractivity contribution is 5.98. The molecule has 1 N–H and O–H groups in total. The molecular formula is C18H26N2O3. The largest absolute Gasteiger partial charge is 0.496 e. The molecule has 1 aliphatic heterocycles. The summed E-state index contributed by atoms with van der Waals surface area (Å²) >= 11 is 0. The first-order valence-electron chi connectivity index (χ1n) is 8.23. The van der Waals surface area contributed by atoms with Crippen LogP contribution in [0.1, 0.15) is 43.5 Å². The van der Waals surface area contributed by atoms with Crippen molar-refractivity contribution in [1.29, 1.82) is 0 Å². The molecule has 2 rings (SSSR count). The van der Waals surface area contributed by atoms with Crippen molar-refractivity contribution >= 4 is 11.8 Å². The molecular weight excluding hydrogens is 292 g/mol. The Labute approximate surface area is 138 Å². The van der Waals surface area contributed by atoms with Gasteiger partial charge in [0.15, 0.2) is 0 Å². The number of carbonyl (C=O) groups is 2. The Kier molecular flexibility index (Phi) is 6.02. The Morgan fingerprint density at radius 3 is 2.78 bits per heavy atom. The van der Waals surface area contributed by atoms with Gasteiger partial charge in [0.05, 0.1) is 19.2 Å². The lowest BCUT2D eigenvalue weighted by Crippen LogP contribution is -2.43. The second kappa shape index (κ2) is 7.99. The Bertz CT molecular complexity index is 557. The molecule has 1 aromatic carbocycles. The van der Waals surface area contributed by atoms with E-state index < -0.39 is 0 Å². The monoisotopic (exact) mass is 318 g/mol. The lowest BCUT2D eigenvalue weighted by Gasteiger charge is -2.26. The maximum absolute atomic E-state index is 12.4. The van der Waals surface area contributed by atoms with Gasteiger partial charge in [-0.15, -0.1) is 0 Å². The van der Waals surface area contributed by atoms with Gasteiger partial charge in [-0.1, -0.05) is 26.0 Å². The summed E-state index contributed by atoms with van der Waals surface area (Å²) in [4.78, 5) is 26.6. The number of benzene rings is 1. The fourth-order valence-corrected chi connectivity index (χ4v) is 3.14. The summed E-state index contributed by atoms with van der Waals surface area (Å²) in [6, 6.07) is 7.32. The molecule has 0 bridgehead atoms. The predicted molar refractivity (Wildman–Crippen MR) is 89.5 cm³/mol. The van der Waals surface area contributed by atoms with E-state index in [1.165, 1.54) is 7.11 Å². The van der Waals surface area contributed by atoms with Crippen molar-refractivity contribution < 1.29 is 14.3 Å². The molecule has 0 unspecified atom stereocenters. The molecule has 0 saturated carbocycles. The quantitative estimate of drug-likeness (QED) is 0.876. The molecule has 1 atom stereocenters. The second-order valence-electron chi connectivity index (χ2n) is 6.40. The highest BCUT2D eigenvalue weighted by Crippen LogP contribution is 2.23. The van der Waals surface area contributed by atoms with Crippen LogP contribution in [0.5, 0.6) is 5.75 Å². The average molecular weight is 318 g/mol. The van der Waals surface area contributed by atoms with E-state index in [2.05, 4.69) is 19.2 Å². The number of rotatable bonds is 6. The van der Waals surface area contributed by atoms with Crippen molar-refractivity contribution in [2.24, 2.45) is 5.92 Å². The van der Waals surface area contributed by atoms with Crippen molar-refractivity contribution in [2.45, 2.75) is 39.2 Å². The third-order valence-electron chi connectivity index (χ3n) is 4.19. The van der Waals surface area contributed by atoms with Gasteiger partial charge >= 0.3 is 0 Å². The van der Waals surface area contributed by atoms with Gasteiger partial charge in [0.2, 0.25) is 5.91 Å². The van der Waals surface area contributed by atoms with Crippen LogP contribution in [0.2, 0.25) is 0 Å². The fourth-order valence-electron chi connectivity index (χ4n) is 3.14. The third kappa shape index (κ3) is 4.47. The molecule has 5 nitrogen and oxygen atoms in total. The number of nitrogens with zero attached hydrogens (tertiary/aromatic N) is 1. The Morgan fingerprint density at radius 1 is 1.35 bits per heavy atom. The van der Waals surface area contributed by atoms with Crippen molar-refractivity contribution in [3.8, 4) is 5.75 Å². The van der Waals surface area contributed by atoms with Crippen molar-refractivity contribution in [3.05, 3.63) is 29.8 Å². The highest BCUT2D eigenvalue weighted by Gasteiger charge is 2.29. The minimum Gasteiger partial charge on any atom is -0.496 e. The lowest BCUT2D eigenvalue weighted by molar-refractivity contribution is -0.131. The van der Waals surface area contributed by atoms with Crippen molar-refractivity contribution in [2.75, 3.05) is 20.2 Å². The fraction of sp³-hybridized carbons (Fsp3) is 0.556. The molecule has 0 aliphatic carbocycles. The van der Waals surface area contributed by atoms with Crippen LogP contribution in [0, 0.1) is 5.92 Å². The number of likely N-dealkylation sites (tertiary alicyclic amines) is 1. The number of hydrogen-bond donors (Lipinski definition) is 1. The van der Waals surface area contributed by atoms with Crippen LogP contribution in [0.4, 0.5) is 0 Å². The molecule has 23 heavy (non-hydrogen) atoms. The standard InChI is InChI=1S/C18H26N2O3/c1-13(2)11-14-7-6-10-20(14)17(21)12-19-18(22)15-8-4-5-9-16(15)23-3/h4-5,8-9,13-14H,6-7,10-12H2,1-3H3,(H,19,22)/t14-/m1/s1.